The highest BCUT2D eigenvalue weighted by Crippen LogP contribution is 2.32. The second-order valence-electron chi connectivity index (χ2n) is 6.14. The maximum atomic E-state index is 10.8. The first kappa shape index (κ1) is 17.5. The molecule has 0 aliphatic rings. The zero-order chi connectivity index (χ0) is 17.7. The third kappa shape index (κ3) is 4.35. The molecule has 0 saturated heterocycles. The van der Waals surface area contributed by atoms with Gasteiger partial charge in [-0.15, -0.1) is 4.91 Å². The van der Waals surface area contributed by atoms with Gasteiger partial charge in [0.2, 0.25) is 0 Å². The summed E-state index contributed by atoms with van der Waals surface area (Å²) in [7, 11) is 0. The van der Waals surface area contributed by atoms with Gasteiger partial charge in [0, 0.05) is 11.6 Å². The zero-order valence-corrected chi connectivity index (χ0v) is 13.7. The van der Waals surface area contributed by atoms with Crippen molar-refractivity contribution in [2.24, 2.45) is 11.1 Å². The van der Waals surface area contributed by atoms with Crippen LogP contribution in [-0.2, 0) is 6.42 Å². The van der Waals surface area contributed by atoms with Crippen molar-refractivity contribution in [3.8, 4) is 17.2 Å². The first-order valence-electron chi connectivity index (χ1n) is 7.80. The van der Waals surface area contributed by atoms with E-state index >= 15 is 0 Å². The van der Waals surface area contributed by atoms with Gasteiger partial charge in [-0.25, -0.2) is 0 Å². The second kappa shape index (κ2) is 7.64. The van der Waals surface area contributed by atoms with Crippen molar-refractivity contribution in [3.05, 3.63) is 51.9 Å². The molecule has 0 saturated carbocycles. The van der Waals surface area contributed by atoms with Gasteiger partial charge in [-0.1, -0.05) is 32.1 Å². The second-order valence-corrected chi connectivity index (χ2v) is 6.14. The molecule has 5 nitrogen and oxygen atoms in total. The van der Waals surface area contributed by atoms with E-state index in [-0.39, 0.29) is 22.9 Å². The van der Waals surface area contributed by atoms with Crippen molar-refractivity contribution in [1.29, 1.82) is 0 Å². The summed E-state index contributed by atoms with van der Waals surface area (Å²) in [6.45, 7) is 4.21. The molecule has 2 aromatic carbocycles. The van der Waals surface area contributed by atoms with E-state index in [1.54, 1.807) is 24.3 Å². The van der Waals surface area contributed by atoms with Crippen molar-refractivity contribution < 1.29 is 15.3 Å². The molecule has 0 fully saturated rings. The predicted octanol–water partition coefficient (Wildman–Crippen LogP) is 4.96. The summed E-state index contributed by atoms with van der Waals surface area (Å²) in [4.78, 5) is 10.8. The molecule has 126 valence electrons. The Kier molecular flexibility index (Phi) is 5.58. The normalized spacial score (nSPS) is 11.3. The van der Waals surface area contributed by atoms with Gasteiger partial charge in [0.15, 0.2) is 11.5 Å². The summed E-state index contributed by atoms with van der Waals surface area (Å²) in [5.41, 5.74) is 2.31. The average Bonchev–Trinajstić information content (AvgIpc) is 2.54. The molecule has 0 aromatic heterocycles. The van der Waals surface area contributed by atoms with E-state index in [9.17, 15) is 20.2 Å². The van der Waals surface area contributed by atoms with Crippen LogP contribution in [0.5, 0.6) is 17.2 Å². The largest absolute Gasteiger partial charge is 0.508 e. The van der Waals surface area contributed by atoms with Crippen LogP contribution < -0.4 is 0 Å². The van der Waals surface area contributed by atoms with Gasteiger partial charge in [-0.3, -0.25) is 0 Å². The topological polar surface area (TPSA) is 90.1 Å². The van der Waals surface area contributed by atoms with E-state index in [2.05, 4.69) is 19.0 Å². The fraction of sp³-hybridized carbons (Fsp3) is 0.263. The molecule has 0 spiro atoms. The number of benzene rings is 2. The predicted molar refractivity (Wildman–Crippen MR) is 95.4 cm³/mol. The Morgan fingerprint density at radius 1 is 1.00 bits per heavy atom. The van der Waals surface area contributed by atoms with Crippen LogP contribution in [0.1, 0.15) is 37.0 Å². The van der Waals surface area contributed by atoms with Gasteiger partial charge >= 0.3 is 0 Å². The van der Waals surface area contributed by atoms with Crippen molar-refractivity contribution in [1.82, 2.24) is 0 Å². The molecule has 0 radical (unpaired) electrons. The summed E-state index contributed by atoms with van der Waals surface area (Å²) < 4.78 is 0. The van der Waals surface area contributed by atoms with Gasteiger partial charge in [-0.05, 0) is 53.3 Å². The Bertz CT molecular complexity index is 766. The first-order chi connectivity index (χ1) is 11.4. The van der Waals surface area contributed by atoms with Crippen LogP contribution in [0.25, 0.3) is 12.2 Å². The molecule has 0 atom stereocenters. The van der Waals surface area contributed by atoms with Crippen LogP contribution >= 0.6 is 0 Å². The fourth-order valence-corrected chi connectivity index (χ4v) is 2.40. The monoisotopic (exact) mass is 327 g/mol. The molecular formula is C19H21NO4. The third-order valence-corrected chi connectivity index (χ3v) is 3.78. The molecule has 0 aliphatic heterocycles. The first-order valence-corrected chi connectivity index (χ1v) is 7.80. The standard InChI is InChI=1S/C19H21NO4/c1-12(2)3-7-16-14(10-15(20-24)11-18(16)22)6-4-13-5-8-17(21)19(23)9-13/h4-6,8-12,21-23H,3,7H2,1-2H3/b6-4+. The van der Waals surface area contributed by atoms with Crippen LogP contribution in [0.15, 0.2) is 35.5 Å². The third-order valence-electron chi connectivity index (χ3n) is 3.78. The lowest BCUT2D eigenvalue weighted by molar-refractivity contribution is 0.403. The fourth-order valence-electron chi connectivity index (χ4n) is 2.40. The van der Waals surface area contributed by atoms with Crippen LogP contribution in [0.3, 0.4) is 0 Å². The summed E-state index contributed by atoms with van der Waals surface area (Å²) in [5.74, 6) is 0.151. The minimum Gasteiger partial charge on any atom is -0.508 e. The molecule has 0 heterocycles. The summed E-state index contributed by atoms with van der Waals surface area (Å²) in [6.07, 6.45) is 5.09. The Balaban J connectivity index is 2.38. The van der Waals surface area contributed by atoms with Crippen LogP contribution in [0.2, 0.25) is 0 Å². The van der Waals surface area contributed by atoms with Gasteiger partial charge in [0.1, 0.15) is 11.4 Å². The number of phenols is 3. The Morgan fingerprint density at radius 3 is 2.38 bits per heavy atom. The van der Waals surface area contributed by atoms with E-state index in [1.165, 1.54) is 18.2 Å². The summed E-state index contributed by atoms with van der Waals surface area (Å²) >= 11 is 0. The zero-order valence-electron chi connectivity index (χ0n) is 13.7. The van der Waals surface area contributed by atoms with E-state index in [0.717, 1.165) is 12.0 Å². The number of aromatic hydroxyl groups is 3. The lowest BCUT2D eigenvalue weighted by atomic mass is 9.96. The van der Waals surface area contributed by atoms with E-state index in [0.29, 0.717) is 23.5 Å². The maximum absolute atomic E-state index is 10.8. The average molecular weight is 327 g/mol. The SMILES string of the molecule is CC(C)CCc1c(O)cc(N=O)cc1/C=C/c1ccc(O)c(O)c1. The Labute approximate surface area is 140 Å². The van der Waals surface area contributed by atoms with E-state index < -0.39 is 0 Å². The molecular weight excluding hydrogens is 306 g/mol. The minimum absolute atomic E-state index is 0.0564. The summed E-state index contributed by atoms with van der Waals surface area (Å²) in [6, 6.07) is 7.48. The molecule has 3 N–H and O–H groups in total. The van der Waals surface area contributed by atoms with Crippen LogP contribution in [0.4, 0.5) is 5.69 Å². The van der Waals surface area contributed by atoms with Gasteiger partial charge in [0.05, 0.1) is 0 Å². The minimum atomic E-state index is -0.205. The highest BCUT2D eigenvalue weighted by Gasteiger charge is 2.10. The van der Waals surface area contributed by atoms with Crippen LogP contribution in [-0.4, -0.2) is 15.3 Å². The molecule has 0 bridgehead atoms. The Hall–Kier alpha value is -2.82. The molecule has 2 rings (SSSR count). The summed E-state index contributed by atoms with van der Waals surface area (Å²) in [5, 5.41) is 32.0. The lowest BCUT2D eigenvalue weighted by Crippen LogP contribution is -1.95. The van der Waals surface area contributed by atoms with Crippen LogP contribution in [0, 0.1) is 10.8 Å². The molecule has 5 heteroatoms. The number of nitrogens with zero attached hydrogens (tertiary/aromatic N) is 1. The van der Waals surface area contributed by atoms with E-state index in [4.69, 9.17) is 0 Å². The molecule has 0 unspecified atom stereocenters. The number of rotatable bonds is 6. The number of hydrogen-bond donors (Lipinski definition) is 3. The number of hydrogen-bond acceptors (Lipinski definition) is 5. The highest BCUT2D eigenvalue weighted by atomic mass is 16.3. The smallest absolute Gasteiger partial charge is 0.157 e. The van der Waals surface area contributed by atoms with Gasteiger partial charge in [-0.2, -0.15) is 0 Å². The number of phenolic OH excluding ortho intramolecular Hbond substituents is 3. The van der Waals surface area contributed by atoms with Gasteiger partial charge < -0.3 is 15.3 Å². The van der Waals surface area contributed by atoms with Gasteiger partial charge in [0.25, 0.3) is 0 Å². The van der Waals surface area contributed by atoms with Crippen molar-refractivity contribution in [2.45, 2.75) is 26.7 Å². The van der Waals surface area contributed by atoms with Crippen molar-refractivity contribution in [2.75, 3.05) is 0 Å². The lowest BCUT2D eigenvalue weighted by Gasteiger charge is -2.11. The van der Waals surface area contributed by atoms with E-state index in [1.807, 2.05) is 0 Å². The molecule has 0 amide bonds. The highest BCUT2D eigenvalue weighted by molar-refractivity contribution is 5.75. The van der Waals surface area contributed by atoms with Crippen molar-refractivity contribution >= 4 is 17.8 Å². The molecule has 2 aromatic rings. The maximum Gasteiger partial charge on any atom is 0.157 e. The number of nitroso groups, excluding NO2 is 1. The Morgan fingerprint density at radius 2 is 1.75 bits per heavy atom. The van der Waals surface area contributed by atoms with Crippen molar-refractivity contribution in [3.63, 3.8) is 0 Å². The molecule has 24 heavy (non-hydrogen) atoms. The molecule has 0 aliphatic carbocycles. The quantitative estimate of drug-likeness (QED) is 0.397.